The fraction of sp³-hybridized carbons (Fsp3) is 0.935. The molecule has 0 aromatic heterocycles. The lowest BCUT2D eigenvalue weighted by Gasteiger charge is -2.40. The second-order valence-corrected chi connectivity index (χ2v) is 17.8. The van der Waals surface area contributed by atoms with Crippen LogP contribution in [0.5, 0.6) is 0 Å². The minimum Gasteiger partial charge on any atom is -0.413 e. The molecular formula is C31H61N3O2Si. The lowest BCUT2D eigenvalue weighted by molar-refractivity contribution is 0.107. The fourth-order valence-corrected chi connectivity index (χ4v) is 6.46. The van der Waals surface area contributed by atoms with Crippen molar-refractivity contribution in [3.05, 3.63) is 22.6 Å². The molecule has 6 heteroatoms. The van der Waals surface area contributed by atoms with Gasteiger partial charge >= 0.3 is 0 Å². The summed E-state index contributed by atoms with van der Waals surface area (Å²) in [6.45, 7) is 13.2. The van der Waals surface area contributed by atoms with E-state index < -0.39 is 14.4 Å². The third kappa shape index (κ3) is 15.4. The highest BCUT2D eigenvalue weighted by molar-refractivity contribution is 6.74. The first-order valence-corrected chi connectivity index (χ1v) is 18.5. The van der Waals surface area contributed by atoms with Crippen LogP contribution in [0.25, 0.3) is 10.4 Å². The zero-order valence-electron chi connectivity index (χ0n) is 25.4. The van der Waals surface area contributed by atoms with E-state index in [1.54, 1.807) is 0 Å². The highest BCUT2D eigenvalue weighted by Crippen LogP contribution is 2.45. The number of allylic oxidation sites excluding steroid dienone is 2. The first-order chi connectivity index (χ1) is 17.7. The predicted octanol–water partition coefficient (Wildman–Crippen LogP) is 10.5. The van der Waals surface area contributed by atoms with Gasteiger partial charge in [-0.1, -0.05) is 116 Å². The van der Waals surface area contributed by atoms with Gasteiger partial charge in [0.15, 0.2) is 8.32 Å². The molecule has 37 heavy (non-hydrogen) atoms. The SMILES string of the molecule is CCCCCCCCCC[C@H]1C[C@H]1CCCC/C=C\CCC[C@@H](O[Si](C)(C)C(C)(C)C)[C@H](CO)N=[N+]=[N-]. The smallest absolute Gasteiger partial charge is 0.192 e. The van der Waals surface area contributed by atoms with Gasteiger partial charge in [-0.3, -0.25) is 0 Å². The second-order valence-electron chi connectivity index (χ2n) is 13.1. The van der Waals surface area contributed by atoms with Crippen LogP contribution in [-0.4, -0.2) is 32.2 Å². The number of aliphatic hydroxyl groups excluding tert-OH is 1. The number of nitrogens with zero attached hydrogens (tertiary/aromatic N) is 3. The summed E-state index contributed by atoms with van der Waals surface area (Å²) < 4.78 is 6.55. The van der Waals surface area contributed by atoms with Gasteiger partial charge in [0.2, 0.25) is 0 Å². The van der Waals surface area contributed by atoms with E-state index in [1.165, 1.54) is 89.9 Å². The number of unbranched alkanes of at least 4 members (excludes halogenated alkanes) is 10. The normalized spacial score (nSPS) is 19.6. The standard InChI is InChI=1S/C31H61N3O2Si/c1-7-8-9-10-11-13-16-19-22-27-25-28(27)23-20-17-14-12-15-18-21-24-30(29(26-35)33-34-32)36-37(5,6)31(2,3)4/h12,15,27-30,35H,7-11,13-14,16-26H2,1-6H3/b15-12-/t27-,28+,29-,30+/m0/s1. The molecule has 1 aliphatic carbocycles. The molecule has 1 N–H and O–H groups in total. The summed E-state index contributed by atoms with van der Waals surface area (Å²) in [4.78, 5) is 2.95. The van der Waals surface area contributed by atoms with E-state index in [-0.39, 0.29) is 17.7 Å². The summed E-state index contributed by atoms with van der Waals surface area (Å²) in [6, 6.07) is -0.509. The molecule has 0 saturated heterocycles. The van der Waals surface area contributed by atoms with Crippen LogP contribution in [0.2, 0.25) is 18.1 Å². The van der Waals surface area contributed by atoms with Crippen molar-refractivity contribution in [1.29, 1.82) is 0 Å². The van der Waals surface area contributed by atoms with Crippen LogP contribution >= 0.6 is 0 Å². The summed E-state index contributed by atoms with van der Waals surface area (Å²) >= 11 is 0. The molecule has 0 radical (unpaired) electrons. The average molecular weight is 536 g/mol. The Balaban J connectivity index is 2.14. The van der Waals surface area contributed by atoms with Crippen LogP contribution in [0.15, 0.2) is 17.3 Å². The van der Waals surface area contributed by atoms with Crippen LogP contribution in [-0.2, 0) is 4.43 Å². The van der Waals surface area contributed by atoms with Gasteiger partial charge in [-0.05, 0) is 74.0 Å². The van der Waals surface area contributed by atoms with Gasteiger partial charge in [-0.25, -0.2) is 0 Å². The molecular weight excluding hydrogens is 474 g/mol. The first-order valence-electron chi connectivity index (χ1n) is 15.6. The molecule has 0 bridgehead atoms. The number of hydrogen-bond donors (Lipinski definition) is 1. The molecule has 1 rings (SSSR count). The van der Waals surface area contributed by atoms with Crippen molar-refractivity contribution in [3.8, 4) is 0 Å². The molecule has 0 amide bonds. The Bertz CT molecular complexity index is 655. The van der Waals surface area contributed by atoms with E-state index in [4.69, 9.17) is 9.96 Å². The molecule has 0 unspecified atom stereocenters. The number of aliphatic hydroxyl groups is 1. The minimum atomic E-state index is -2.01. The zero-order valence-corrected chi connectivity index (χ0v) is 26.4. The first kappa shape index (κ1) is 34.2. The largest absolute Gasteiger partial charge is 0.413 e. The van der Waals surface area contributed by atoms with Crippen LogP contribution in [0.3, 0.4) is 0 Å². The molecule has 0 spiro atoms. The van der Waals surface area contributed by atoms with E-state index in [1.807, 2.05) is 0 Å². The van der Waals surface area contributed by atoms with Crippen molar-refractivity contribution < 1.29 is 9.53 Å². The molecule has 1 fully saturated rings. The van der Waals surface area contributed by atoms with Crippen molar-refractivity contribution in [2.45, 2.75) is 167 Å². The van der Waals surface area contributed by atoms with Crippen LogP contribution in [0.4, 0.5) is 0 Å². The monoisotopic (exact) mass is 535 g/mol. The predicted molar refractivity (Wildman–Crippen MR) is 162 cm³/mol. The van der Waals surface area contributed by atoms with E-state index in [9.17, 15) is 5.11 Å². The molecule has 216 valence electrons. The Hall–Kier alpha value is -0.813. The van der Waals surface area contributed by atoms with Crippen LogP contribution in [0, 0.1) is 11.8 Å². The Kier molecular flexibility index (Phi) is 17.8. The number of rotatable bonds is 23. The highest BCUT2D eigenvalue weighted by atomic mass is 28.4. The molecule has 0 heterocycles. The number of hydrogen-bond acceptors (Lipinski definition) is 3. The van der Waals surface area contributed by atoms with Crippen LogP contribution in [0.1, 0.15) is 137 Å². The maximum atomic E-state index is 9.76. The van der Waals surface area contributed by atoms with E-state index in [2.05, 4.69) is 63.0 Å². The molecule has 1 saturated carbocycles. The lowest BCUT2D eigenvalue weighted by atomic mass is 10.0. The number of azide groups is 1. The third-order valence-corrected chi connectivity index (χ3v) is 13.3. The van der Waals surface area contributed by atoms with Gasteiger partial charge in [0.25, 0.3) is 0 Å². The van der Waals surface area contributed by atoms with Crippen molar-refractivity contribution in [3.63, 3.8) is 0 Å². The summed E-state index contributed by atoms with van der Waals surface area (Å²) in [5.41, 5.74) is 8.92. The van der Waals surface area contributed by atoms with E-state index in [0.29, 0.717) is 0 Å². The van der Waals surface area contributed by atoms with Crippen LogP contribution < -0.4 is 0 Å². The zero-order chi connectivity index (χ0) is 27.6. The molecule has 0 aromatic carbocycles. The highest BCUT2D eigenvalue weighted by Gasteiger charge is 2.40. The van der Waals surface area contributed by atoms with Crippen molar-refractivity contribution >= 4 is 8.32 Å². The fourth-order valence-electron chi connectivity index (χ4n) is 5.08. The van der Waals surface area contributed by atoms with Gasteiger partial charge in [0, 0.05) is 4.91 Å². The third-order valence-electron chi connectivity index (χ3n) is 8.79. The van der Waals surface area contributed by atoms with E-state index in [0.717, 1.165) is 31.1 Å². The summed E-state index contributed by atoms with van der Waals surface area (Å²) in [5, 5.41) is 13.7. The molecule has 4 atom stereocenters. The van der Waals surface area contributed by atoms with Crippen molar-refractivity contribution in [2.75, 3.05) is 6.61 Å². The van der Waals surface area contributed by atoms with E-state index >= 15 is 0 Å². The van der Waals surface area contributed by atoms with Gasteiger partial charge in [-0.2, -0.15) is 0 Å². The maximum Gasteiger partial charge on any atom is 0.192 e. The second kappa shape index (κ2) is 19.3. The Morgan fingerprint density at radius 3 is 2.00 bits per heavy atom. The van der Waals surface area contributed by atoms with Crippen molar-refractivity contribution in [2.24, 2.45) is 17.0 Å². The van der Waals surface area contributed by atoms with Gasteiger partial charge in [-0.15, -0.1) is 0 Å². The topological polar surface area (TPSA) is 78.2 Å². The van der Waals surface area contributed by atoms with Gasteiger partial charge < -0.3 is 9.53 Å². The lowest BCUT2D eigenvalue weighted by Crippen LogP contribution is -2.47. The average Bonchev–Trinajstić information content (AvgIpc) is 3.59. The minimum absolute atomic E-state index is 0.0789. The molecule has 1 aliphatic rings. The Morgan fingerprint density at radius 2 is 1.46 bits per heavy atom. The quantitative estimate of drug-likeness (QED) is 0.0352. The van der Waals surface area contributed by atoms with Crippen molar-refractivity contribution in [1.82, 2.24) is 0 Å². The summed E-state index contributed by atoms with van der Waals surface area (Å²) in [7, 11) is -2.01. The maximum absolute atomic E-state index is 9.76. The summed E-state index contributed by atoms with van der Waals surface area (Å²) in [6.07, 6.45) is 27.0. The summed E-state index contributed by atoms with van der Waals surface area (Å²) in [5.74, 6) is 2.08. The van der Waals surface area contributed by atoms with Gasteiger partial charge in [0.05, 0.1) is 18.8 Å². The molecule has 5 nitrogen and oxygen atoms in total. The Morgan fingerprint density at radius 1 is 0.919 bits per heavy atom. The molecule has 0 aromatic rings. The molecule has 0 aliphatic heterocycles. The Labute approximate surface area is 231 Å². The van der Waals surface area contributed by atoms with Gasteiger partial charge in [0.1, 0.15) is 0 Å².